The van der Waals surface area contributed by atoms with Crippen molar-refractivity contribution in [3.8, 4) is 0 Å². The first-order valence-corrected chi connectivity index (χ1v) is 6.71. The van der Waals surface area contributed by atoms with Crippen LogP contribution < -0.4 is 5.32 Å². The van der Waals surface area contributed by atoms with E-state index in [1.807, 2.05) is 29.8 Å². The van der Waals surface area contributed by atoms with Gasteiger partial charge in [0.2, 0.25) is 0 Å². The highest BCUT2D eigenvalue weighted by atomic mass is 19.1. The van der Waals surface area contributed by atoms with Gasteiger partial charge in [-0.2, -0.15) is 5.10 Å². The molecule has 1 aromatic carbocycles. The summed E-state index contributed by atoms with van der Waals surface area (Å²) in [5.74, 6) is -0.162. The molecule has 2 aromatic rings. The van der Waals surface area contributed by atoms with E-state index in [2.05, 4.69) is 17.3 Å². The summed E-state index contributed by atoms with van der Waals surface area (Å²) < 4.78 is 15.6. The zero-order valence-corrected chi connectivity index (χ0v) is 11.4. The third-order valence-electron chi connectivity index (χ3n) is 3.20. The van der Waals surface area contributed by atoms with E-state index < -0.39 is 0 Å². The quantitative estimate of drug-likeness (QED) is 0.864. The Hall–Kier alpha value is -1.68. The highest BCUT2D eigenvalue weighted by molar-refractivity contribution is 5.20. The number of nitrogens with one attached hydrogen (secondary N) is 1. The molecule has 1 atom stereocenters. The van der Waals surface area contributed by atoms with Crippen LogP contribution in [0.5, 0.6) is 0 Å². The first-order valence-electron chi connectivity index (χ1n) is 6.71. The van der Waals surface area contributed by atoms with Crippen LogP contribution in [0, 0.1) is 5.82 Å². The minimum absolute atomic E-state index is 0.0221. The summed E-state index contributed by atoms with van der Waals surface area (Å²) in [6, 6.07) is 8.85. The lowest BCUT2D eigenvalue weighted by Gasteiger charge is -2.15. The molecule has 3 nitrogen and oxygen atoms in total. The van der Waals surface area contributed by atoms with Crippen molar-refractivity contribution in [1.82, 2.24) is 15.1 Å². The second-order valence-electron chi connectivity index (χ2n) is 4.67. The molecule has 0 saturated carbocycles. The van der Waals surface area contributed by atoms with Crippen LogP contribution in [0.15, 0.2) is 36.5 Å². The van der Waals surface area contributed by atoms with Crippen LogP contribution in [0.4, 0.5) is 4.39 Å². The molecule has 0 saturated heterocycles. The highest BCUT2D eigenvalue weighted by Gasteiger charge is 2.10. The van der Waals surface area contributed by atoms with Gasteiger partial charge >= 0.3 is 0 Å². The Morgan fingerprint density at radius 2 is 2.11 bits per heavy atom. The lowest BCUT2D eigenvalue weighted by Crippen LogP contribution is -2.21. The van der Waals surface area contributed by atoms with E-state index in [0.717, 1.165) is 18.7 Å². The molecule has 1 aromatic heterocycles. The van der Waals surface area contributed by atoms with E-state index in [1.54, 1.807) is 12.3 Å². The number of rotatable bonds is 6. The van der Waals surface area contributed by atoms with Crippen molar-refractivity contribution >= 4 is 0 Å². The Balaban J connectivity index is 1.98. The number of hydrogen-bond donors (Lipinski definition) is 1. The minimum Gasteiger partial charge on any atom is -0.304 e. The fraction of sp³-hybridized carbons (Fsp3) is 0.400. The molecule has 1 heterocycles. The Bertz CT molecular complexity index is 522. The molecule has 1 N–H and O–H groups in total. The predicted molar refractivity (Wildman–Crippen MR) is 74.2 cm³/mol. The number of nitrogens with zero attached hydrogens (tertiary/aromatic N) is 2. The topological polar surface area (TPSA) is 29.9 Å². The molecule has 2 rings (SSSR count). The molecule has 0 aliphatic heterocycles. The predicted octanol–water partition coefficient (Wildman–Crippen LogP) is 3.28. The first kappa shape index (κ1) is 13.7. The van der Waals surface area contributed by atoms with Crippen LogP contribution in [0.25, 0.3) is 0 Å². The zero-order valence-electron chi connectivity index (χ0n) is 11.4. The van der Waals surface area contributed by atoms with Gasteiger partial charge in [0.25, 0.3) is 0 Å². The van der Waals surface area contributed by atoms with Crippen LogP contribution in [-0.2, 0) is 13.1 Å². The highest BCUT2D eigenvalue weighted by Crippen LogP contribution is 2.16. The molecule has 0 radical (unpaired) electrons. The van der Waals surface area contributed by atoms with Gasteiger partial charge in [0.1, 0.15) is 5.82 Å². The number of hydrogen-bond acceptors (Lipinski definition) is 2. The molecule has 0 aliphatic carbocycles. The van der Waals surface area contributed by atoms with Crippen molar-refractivity contribution in [2.45, 2.75) is 39.4 Å². The SMILES string of the molecule is CCCn1nccc1CN[C@H](C)c1ccccc1F. The van der Waals surface area contributed by atoms with Gasteiger partial charge in [-0.1, -0.05) is 25.1 Å². The van der Waals surface area contributed by atoms with Crippen molar-refractivity contribution in [3.63, 3.8) is 0 Å². The van der Waals surface area contributed by atoms with Gasteiger partial charge < -0.3 is 5.32 Å². The van der Waals surface area contributed by atoms with Gasteiger partial charge in [-0.15, -0.1) is 0 Å². The maximum Gasteiger partial charge on any atom is 0.127 e. The van der Waals surface area contributed by atoms with E-state index in [-0.39, 0.29) is 11.9 Å². The molecule has 4 heteroatoms. The van der Waals surface area contributed by atoms with Gasteiger partial charge in [0, 0.05) is 30.9 Å². The van der Waals surface area contributed by atoms with E-state index in [0.29, 0.717) is 12.1 Å². The second kappa shape index (κ2) is 6.48. The van der Waals surface area contributed by atoms with Crippen LogP contribution in [-0.4, -0.2) is 9.78 Å². The van der Waals surface area contributed by atoms with Gasteiger partial charge in [-0.3, -0.25) is 4.68 Å². The number of benzene rings is 1. The average Bonchev–Trinajstić information content (AvgIpc) is 2.84. The maximum absolute atomic E-state index is 13.6. The normalized spacial score (nSPS) is 12.6. The molecular weight excluding hydrogens is 241 g/mol. The lowest BCUT2D eigenvalue weighted by molar-refractivity contribution is 0.499. The van der Waals surface area contributed by atoms with Crippen LogP contribution in [0.1, 0.15) is 37.6 Å². The molecule has 0 spiro atoms. The molecular formula is C15H20FN3. The monoisotopic (exact) mass is 261 g/mol. The van der Waals surface area contributed by atoms with Gasteiger partial charge in [-0.25, -0.2) is 4.39 Å². The average molecular weight is 261 g/mol. The summed E-state index contributed by atoms with van der Waals surface area (Å²) >= 11 is 0. The van der Waals surface area contributed by atoms with E-state index in [9.17, 15) is 4.39 Å². The Morgan fingerprint density at radius 3 is 2.84 bits per heavy atom. The van der Waals surface area contributed by atoms with Crippen LogP contribution >= 0.6 is 0 Å². The number of aryl methyl sites for hydroxylation is 1. The van der Waals surface area contributed by atoms with Gasteiger partial charge in [-0.05, 0) is 25.5 Å². The maximum atomic E-state index is 13.6. The fourth-order valence-electron chi connectivity index (χ4n) is 2.12. The van der Waals surface area contributed by atoms with Gasteiger partial charge in [0.15, 0.2) is 0 Å². The van der Waals surface area contributed by atoms with Crippen LogP contribution in [0.2, 0.25) is 0 Å². The summed E-state index contributed by atoms with van der Waals surface area (Å²) in [5.41, 5.74) is 1.83. The molecule has 0 bridgehead atoms. The standard InChI is InChI=1S/C15H20FN3/c1-3-10-19-13(8-9-18-19)11-17-12(2)14-6-4-5-7-15(14)16/h4-9,12,17H,3,10-11H2,1-2H3/t12-/m1/s1. The fourth-order valence-corrected chi connectivity index (χ4v) is 2.12. The molecule has 0 amide bonds. The van der Waals surface area contributed by atoms with Crippen molar-refractivity contribution in [1.29, 1.82) is 0 Å². The third kappa shape index (κ3) is 3.41. The molecule has 19 heavy (non-hydrogen) atoms. The summed E-state index contributed by atoms with van der Waals surface area (Å²) in [5, 5.41) is 7.62. The van der Waals surface area contributed by atoms with E-state index in [1.165, 1.54) is 6.07 Å². The van der Waals surface area contributed by atoms with E-state index in [4.69, 9.17) is 0 Å². The summed E-state index contributed by atoms with van der Waals surface area (Å²) in [4.78, 5) is 0. The Morgan fingerprint density at radius 1 is 1.32 bits per heavy atom. The molecule has 0 aliphatic rings. The number of halogens is 1. The largest absolute Gasteiger partial charge is 0.304 e. The van der Waals surface area contributed by atoms with Crippen molar-refractivity contribution in [2.75, 3.05) is 0 Å². The smallest absolute Gasteiger partial charge is 0.127 e. The zero-order chi connectivity index (χ0) is 13.7. The molecule has 0 unspecified atom stereocenters. The van der Waals surface area contributed by atoms with Crippen LogP contribution in [0.3, 0.4) is 0 Å². The lowest BCUT2D eigenvalue weighted by atomic mass is 10.1. The third-order valence-corrected chi connectivity index (χ3v) is 3.20. The second-order valence-corrected chi connectivity index (χ2v) is 4.67. The van der Waals surface area contributed by atoms with Gasteiger partial charge in [0.05, 0.1) is 5.69 Å². The summed E-state index contributed by atoms with van der Waals surface area (Å²) in [7, 11) is 0. The number of aromatic nitrogens is 2. The Kier molecular flexibility index (Phi) is 4.68. The summed E-state index contributed by atoms with van der Waals surface area (Å²) in [6.07, 6.45) is 2.86. The van der Waals surface area contributed by atoms with Crippen molar-refractivity contribution in [2.24, 2.45) is 0 Å². The van der Waals surface area contributed by atoms with Crippen molar-refractivity contribution < 1.29 is 4.39 Å². The Labute approximate surface area is 113 Å². The molecule has 102 valence electrons. The molecule has 0 fully saturated rings. The first-order chi connectivity index (χ1) is 9.22. The van der Waals surface area contributed by atoms with Crippen molar-refractivity contribution in [3.05, 3.63) is 53.6 Å². The minimum atomic E-state index is -0.162. The van der Waals surface area contributed by atoms with E-state index >= 15 is 0 Å². The summed E-state index contributed by atoms with van der Waals surface area (Å²) in [6.45, 7) is 5.70.